The molecular formula is C25H26O3S. The Morgan fingerprint density at radius 1 is 0.966 bits per heavy atom. The lowest BCUT2D eigenvalue weighted by atomic mass is 9.47. The molecule has 0 spiro atoms. The third-order valence-corrected chi connectivity index (χ3v) is 7.71. The highest BCUT2D eigenvalue weighted by Gasteiger charge is 2.52. The summed E-state index contributed by atoms with van der Waals surface area (Å²) in [5.41, 5.74) is 4.35. The van der Waals surface area contributed by atoms with Gasteiger partial charge in [0, 0.05) is 5.56 Å². The molecule has 0 radical (unpaired) electrons. The maximum atomic E-state index is 11.0. The summed E-state index contributed by atoms with van der Waals surface area (Å²) in [4.78, 5) is 11.0. The fraction of sp³-hybridized carbons (Fsp3) is 0.440. The van der Waals surface area contributed by atoms with Crippen molar-refractivity contribution in [3.05, 3.63) is 64.7 Å². The number of rotatable bonds is 4. The van der Waals surface area contributed by atoms with Crippen LogP contribution >= 0.6 is 12.2 Å². The van der Waals surface area contributed by atoms with E-state index in [1.54, 1.807) is 12.1 Å². The van der Waals surface area contributed by atoms with Gasteiger partial charge in [-0.05, 0) is 122 Å². The molecule has 4 bridgehead atoms. The predicted octanol–water partition coefficient (Wildman–Crippen LogP) is 5.92. The van der Waals surface area contributed by atoms with Crippen LogP contribution in [0.1, 0.15) is 65.6 Å². The molecule has 0 amide bonds. The Hall–Kier alpha value is -2.20. The summed E-state index contributed by atoms with van der Waals surface area (Å²) in [6, 6.07) is 12.9. The van der Waals surface area contributed by atoms with Crippen molar-refractivity contribution in [1.82, 2.24) is 0 Å². The van der Waals surface area contributed by atoms with Gasteiger partial charge in [-0.15, -0.1) is 0 Å². The number of hydrogen-bond acceptors (Lipinski definition) is 3. The van der Waals surface area contributed by atoms with E-state index in [1.165, 1.54) is 61.8 Å². The van der Waals surface area contributed by atoms with Crippen LogP contribution in [-0.4, -0.2) is 16.1 Å². The van der Waals surface area contributed by atoms with Crippen LogP contribution in [0, 0.1) is 24.7 Å². The lowest BCUT2D eigenvalue weighted by Gasteiger charge is -2.57. The maximum Gasteiger partial charge on any atom is 0.335 e. The third-order valence-electron chi connectivity index (χ3n) is 7.39. The average Bonchev–Trinajstić information content (AvgIpc) is 2.67. The van der Waals surface area contributed by atoms with Crippen LogP contribution in [0.4, 0.5) is 0 Å². The summed E-state index contributed by atoms with van der Waals surface area (Å²) in [7, 11) is 0. The second-order valence-electron chi connectivity index (χ2n) is 9.45. The summed E-state index contributed by atoms with van der Waals surface area (Å²) in [5.74, 6) is 2.33. The number of thiocarbonyl (C=S) groups is 1. The number of carboxylic acid groups (broad SMARTS) is 1. The summed E-state index contributed by atoms with van der Waals surface area (Å²) in [6.07, 6.45) is 8.29. The van der Waals surface area contributed by atoms with Crippen molar-refractivity contribution < 1.29 is 14.6 Å². The molecule has 6 rings (SSSR count). The molecular weight excluding hydrogens is 380 g/mol. The van der Waals surface area contributed by atoms with E-state index >= 15 is 0 Å². The van der Waals surface area contributed by atoms with E-state index in [4.69, 9.17) is 22.1 Å². The van der Waals surface area contributed by atoms with Crippen LogP contribution in [0.15, 0.2) is 42.5 Å². The summed E-state index contributed by atoms with van der Waals surface area (Å²) >= 11 is 5.59. The first-order valence-electron chi connectivity index (χ1n) is 10.6. The molecule has 0 unspecified atom stereocenters. The van der Waals surface area contributed by atoms with Gasteiger partial charge in [0.05, 0.1) is 5.56 Å². The van der Waals surface area contributed by atoms with Crippen LogP contribution in [-0.2, 0) is 5.41 Å². The third kappa shape index (κ3) is 3.38. The Balaban J connectivity index is 1.41. The molecule has 0 aromatic heterocycles. The zero-order valence-electron chi connectivity index (χ0n) is 16.7. The SMILES string of the molecule is Cc1ccc(C(=S)Oc2ccc(C(=O)O)cc2)cc1C12CC3CC(CC(C3)C1)C2. The quantitative estimate of drug-likeness (QED) is 0.641. The monoisotopic (exact) mass is 406 g/mol. The minimum atomic E-state index is -0.946. The second-order valence-corrected chi connectivity index (χ2v) is 9.82. The highest BCUT2D eigenvalue weighted by molar-refractivity contribution is 7.80. The maximum absolute atomic E-state index is 11.0. The normalized spacial score (nSPS) is 29.6. The van der Waals surface area contributed by atoms with Crippen molar-refractivity contribution in [2.45, 2.75) is 50.9 Å². The standard InChI is InChI=1S/C25H26O3S/c1-15-2-3-20(24(29)28-21-6-4-19(5-7-21)23(26)27)11-22(15)25-12-16-8-17(13-25)10-18(9-16)14-25/h2-7,11,16-18H,8-10,12-14H2,1H3,(H,26,27). The molecule has 2 aromatic carbocycles. The molecule has 0 heterocycles. The van der Waals surface area contributed by atoms with Gasteiger partial charge in [0.25, 0.3) is 0 Å². The number of benzene rings is 2. The van der Waals surface area contributed by atoms with E-state index < -0.39 is 5.97 Å². The number of aromatic carboxylic acids is 1. The zero-order chi connectivity index (χ0) is 20.2. The zero-order valence-corrected chi connectivity index (χ0v) is 17.5. The summed E-state index contributed by atoms with van der Waals surface area (Å²) in [5, 5.41) is 9.49. The fourth-order valence-electron chi connectivity index (χ4n) is 6.59. The van der Waals surface area contributed by atoms with Crippen molar-refractivity contribution in [3.8, 4) is 5.75 Å². The van der Waals surface area contributed by atoms with E-state index in [0.29, 0.717) is 16.2 Å². The van der Waals surface area contributed by atoms with Crippen LogP contribution in [0.5, 0.6) is 5.75 Å². The number of ether oxygens (including phenoxy) is 1. The lowest BCUT2D eigenvalue weighted by Crippen LogP contribution is -2.48. The van der Waals surface area contributed by atoms with Gasteiger partial charge in [-0.25, -0.2) is 4.79 Å². The van der Waals surface area contributed by atoms with Crippen molar-refractivity contribution >= 4 is 23.2 Å². The minimum Gasteiger partial charge on any atom is -0.478 e. The molecule has 4 saturated carbocycles. The topological polar surface area (TPSA) is 46.5 Å². The molecule has 1 N–H and O–H groups in total. The van der Waals surface area contributed by atoms with Gasteiger partial charge in [0.1, 0.15) is 5.75 Å². The Bertz CT molecular complexity index is 941. The van der Waals surface area contributed by atoms with Crippen LogP contribution in [0.3, 0.4) is 0 Å². The predicted molar refractivity (Wildman–Crippen MR) is 117 cm³/mol. The summed E-state index contributed by atoms with van der Waals surface area (Å²) in [6.45, 7) is 2.23. The van der Waals surface area contributed by atoms with Gasteiger partial charge < -0.3 is 9.84 Å². The number of aryl methyl sites for hydroxylation is 1. The smallest absolute Gasteiger partial charge is 0.335 e. The van der Waals surface area contributed by atoms with Gasteiger partial charge in [-0.1, -0.05) is 12.1 Å². The van der Waals surface area contributed by atoms with E-state index in [1.807, 2.05) is 6.07 Å². The van der Waals surface area contributed by atoms with E-state index in [2.05, 4.69) is 19.1 Å². The second kappa shape index (κ2) is 6.94. The van der Waals surface area contributed by atoms with Gasteiger partial charge in [0.2, 0.25) is 0 Å². The first-order valence-corrected chi connectivity index (χ1v) is 11.0. The lowest BCUT2D eigenvalue weighted by molar-refractivity contribution is -0.00547. The molecule has 2 aromatic rings. The van der Waals surface area contributed by atoms with E-state index in [0.717, 1.165) is 23.3 Å². The molecule has 0 aliphatic heterocycles. The molecule has 3 nitrogen and oxygen atoms in total. The Kier molecular flexibility index (Phi) is 4.50. The number of carboxylic acids is 1. The first-order chi connectivity index (χ1) is 13.9. The largest absolute Gasteiger partial charge is 0.478 e. The van der Waals surface area contributed by atoms with Crippen molar-refractivity contribution in [2.24, 2.45) is 17.8 Å². The molecule has 4 aliphatic carbocycles. The molecule has 4 heteroatoms. The Morgan fingerprint density at radius 2 is 1.52 bits per heavy atom. The van der Waals surface area contributed by atoms with E-state index in [-0.39, 0.29) is 5.56 Å². The minimum absolute atomic E-state index is 0.239. The Labute approximate surface area is 177 Å². The molecule has 0 saturated heterocycles. The van der Waals surface area contributed by atoms with Crippen molar-refractivity contribution in [1.29, 1.82) is 0 Å². The van der Waals surface area contributed by atoms with Crippen LogP contribution < -0.4 is 4.74 Å². The van der Waals surface area contributed by atoms with Crippen molar-refractivity contribution in [3.63, 3.8) is 0 Å². The highest BCUT2D eigenvalue weighted by Crippen LogP contribution is 2.61. The van der Waals surface area contributed by atoms with Crippen LogP contribution in [0.25, 0.3) is 0 Å². The molecule has 4 aliphatic rings. The number of carbonyl (C=O) groups is 1. The van der Waals surface area contributed by atoms with Gasteiger partial charge in [-0.3, -0.25) is 0 Å². The molecule has 29 heavy (non-hydrogen) atoms. The number of hydrogen-bond donors (Lipinski definition) is 1. The van der Waals surface area contributed by atoms with Gasteiger partial charge >= 0.3 is 5.97 Å². The average molecular weight is 407 g/mol. The molecule has 0 atom stereocenters. The molecule has 150 valence electrons. The Morgan fingerprint density at radius 3 is 2.07 bits per heavy atom. The molecule has 4 fully saturated rings. The first kappa shape index (κ1) is 18.8. The fourth-order valence-corrected chi connectivity index (χ4v) is 6.82. The van der Waals surface area contributed by atoms with Gasteiger partial charge in [0.15, 0.2) is 5.05 Å². The van der Waals surface area contributed by atoms with Crippen LogP contribution in [0.2, 0.25) is 0 Å². The van der Waals surface area contributed by atoms with Gasteiger partial charge in [-0.2, -0.15) is 0 Å². The van der Waals surface area contributed by atoms with E-state index in [9.17, 15) is 4.79 Å². The summed E-state index contributed by atoms with van der Waals surface area (Å²) < 4.78 is 5.89. The highest BCUT2D eigenvalue weighted by atomic mass is 32.1. The van der Waals surface area contributed by atoms with Crippen molar-refractivity contribution in [2.75, 3.05) is 0 Å².